The average Bonchev–Trinajstić information content (AvgIpc) is 2.87. The molecule has 1 atom stereocenters. The molecule has 0 amide bonds. The second kappa shape index (κ2) is 6.87. The molecule has 0 radical (unpaired) electrons. The lowest BCUT2D eigenvalue weighted by atomic mass is 10.1. The van der Waals surface area contributed by atoms with Crippen LogP contribution in [-0.4, -0.2) is 50.8 Å². The number of benzene rings is 1. The fourth-order valence-corrected chi connectivity index (χ4v) is 4.83. The predicted molar refractivity (Wildman–Crippen MR) is 85.2 cm³/mol. The molecule has 0 saturated carbocycles. The zero-order chi connectivity index (χ0) is 15.5. The molecule has 1 unspecified atom stereocenters. The molecule has 1 aromatic rings. The van der Waals surface area contributed by atoms with Gasteiger partial charge in [-0.25, -0.2) is 8.42 Å². The monoisotopic (exact) mass is 311 g/mol. The van der Waals surface area contributed by atoms with Gasteiger partial charge in [-0.15, -0.1) is 0 Å². The maximum Gasteiger partial charge on any atom is 0.218 e. The standard InChI is InChI=1S/C15H25N3O2S/c1-17(2)11-15-8-5-9-18(15)21(19,20)12-14-7-4-3-6-13(14)10-16/h3-4,6-7,15H,5,8-12,16H2,1-2H3. The van der Waals surface area contributed by atoms with Crippen LogP contribution in [0.3, 0.4) is 0 Å². The maximum absolute atomic E-state index is 12.7. The molecule has 2 N–H and O–H groups in total. The Morgan fingerprint density at radius 2 is 1.95 bits per heavy atom. The summed E-state index contributed by atoms with van der Waals surface area (Å²) >= 11 is 0. The molecular weight excluding hydrogens is 286 g/mol. The van der Waals surface area contributed by atoms with Gasteiger partial charge in [0.2, 0.25) is 10.0 Å². The highest BCUT2D eigenvalue weighted by Gasteiger charge is 2.34. The van der Waals surface area contributed by atoms with Crippen LogP contribution < -0.4 is 5.73 Å². The molecule has 0 bridgehead atoms. The number of hydrogen-bond acceptors (Lipinski definition) is 4. The summed E-state index contributed by atoms with van der Waals surface area (Å²) in [5.74, 6) is 0.0459. The summed E-state index contributed by atoms with van der Waals surface area (Å²) in [6.45, 7) is 1.77. The van der Waals surface area contributed by atoms with Gasteiger partial charge in [0.1, 0.15) is 0 Å². The average molecular weight is 311 g/mol. The van der Waals surface area contributed by atoms with Crippen molar-refractivity contribution in [1.29, 1.82) is 0 Å². The topological polar surface area (TPSA) is 66.6 Å². The zero-order valence-corrected chi connectivity index (χ0v) is 13.6. The minimum atomic E-state index is -3.29. The van der Waals surface area contributed by atoms with Gasteiger partial charge in [0.25, 0.3) is 0 Å². The van der Waals surface area contributed by atoms with E-state index in [0.29, 0.717) is 13.1 Å². The van der Waals surface area contributed by atoms with Gasteiger partial charge in [0.15, 0.2) is 0 Å². The van der Waals surface area contributed by atoms with Crippen molar-refractivity contribution in [2.24, 2.45) is 5.73 Å². The molecule has 1 aliphatic heterocycles. The Hall–Kier alpha value is -0.950. The van der Waals surface area contributed by atoms with Crippen LogP contribution in [0.5, 0.6) is 0 Å². The van der Waals surface area contributed by atoms with Crippen LogP contribution in [0, 0.1) is 0 Å². The van der Waals surface area contributed by atoms with E-state index in [0.717, 1.165) is 30.5 Å². The molecule has 1 aliphatic rings. The molecular formula is C15H25N3O2S. The Kier molecular flexibility index (Phi) is 5.37. The van der Waals surface area contributed by atoms with Crippen molar-refractivity contribution < 1.29 is 8.42 Å². The van der Waals surface area contributed by atoms with Crippen molar-refractivity contribution in [3.8, 4) is 0 Å². The van der Waals surface area contributed by atoms with E-state index >= 15 is 0 Å². The first-order valence-electron chi connectivity index (χ1n) is 7.35. The first kappa shape index (κ1) is 16.4. The molecule has 118 valence electrons. The number of sulfonamides is 1. The van der Waals surface area contributed by atoms with Crippen molar-refractivity contribution in [2.45, 2.75) is 31.2 Å². The van der Waals surface area contributed by atoms with Crippen LogP contribution in [0.25, 0.3) is 0 Å². The summed E-state index contributed by atoms with van der Waals surface area (Å²) in [5.41, 5.74) is 7.42. The van der Waals surface area contributed by atoms with Crippen LogP contribution >= 0.6 is 0 Å². The highest BCUT2D eigenvalue weighted by atomic mass is 32.2. The minimum absolute atomic E-state index is 0.0459. The van der Waals surface area contributed by atoms with Crippen molar-refractivity contribution in [2.75, 3.05) is 27.2 Å². The molecule has 5 nitrogen and oxygen atoms in total. The Morgan fingerprint density at radius 3 is 2.57 bits per heavy atom. The quantitative estimate of drug-likeness (QED) is 0.851. The lowest BCUT2D eigenvalue weighted by Crippen LogP contribution is -2.41. The molecule has 21 heavy (non-hydrogen) atoms. The lowest BCUT2D eigenvalue weighted by Gasteiger charge is -2.26. The number of nitrogens with two attached hydrogens (primary N) is 1. The molecule has 1 aromatic carbocycles. The van der Waals surface area contributed by atoms with E-state index in [2.05, 4.69) is 0 Å². The fourth-order valence-electron chi connectivity index (χ4n) is 2.96. The van der Waals surface area contributed by atoms with Gasteiger partial charge < -0.3 is 10.6 Å². The fraction of sp³-hybridized carbons (Fsp3) is 0.600. The molecule has 1 saturated heterocycles. The van der Waals surface area contributed by atoms with Crippen molar-refractivity contribution >= 4 is 10.0 Å². The molecule has 1 fully saturated rings. The van der Waals surface area contributed by atoms with Crippen LogP contribution in [0.15, 0.2) is 24.3 Å². The summed E-state index contributed by atoms with van der Waals surface area (Å²) in [6.07, 6.45) is 1.88. The second-order valence-corrected chi connectivity index (χ2v) is 7.82. The van der Waals surface area contributed by atoms with E-state index in [1.54, 1.807) is 4.31 Å². The van der Waals surface area contributed by atoms with E-state index in [9.17, 15) is 8.42 Å². The third-order valence-electron chi connectivity index (χ3n) is 3.93. The van der Waals surface area contributed by atoms with E-state index < -0.39 is 10.0 Å². The van der Waals surface area contributed by atoms with Crippen LogP contribution in [-0.2, 0) is 22.3 Å². The molecule has 6 heteroatoms. The Balaban J connectivity index is 2.17. The Bertz CT molecular complexity index is 572. The van der Waals surface area contributed by atoms with Gasteiger partial charge in [-0.1, -0.05) is 24.3 Å². The normalized spacial score (nSPS) is 20.3. The highest BCUT2D eigenvalue weighted by molar-refractivity contribution is 7.88. The maximum atomic E-state index is 12.7. The third kappa shape index (κ3) is 4.03. The van der Waals surface area contributed by atoms with Gasteiger partial charge in [-0.3, -0.25) is 0 Å². The smallest absolute Gasteiger partial charge is 0.218 e. The summed E-state index contributed by atoms with van der Waals surface area (Å²) in [7, 11) is 0.669. The number of nitrogens with zero attached hydrogens (tertiary/aromatic N) is 2. The van der Waals surface area contributed by atoms with Gasteiger partial charge in [0.05, 0.1) is 5.75 Å². The van der Waals surface area contributed by atoms with Crippen molar-refractivity contribution in [3.63, 3.8) is 0 Å². The SMILES string of the molecule is CN(C)CC1CCCN1S(=O)(=O)Cc1ccccc1CN. The van der Waals surface area contributed by atoms with E-state index in [4.69, 9.17) is 5.73 Å². The molecule has 0 aromatic heterocycles. The minimum Gasteiger partial charge on any atom is -0.326 e. The van der Waals surface area contributed by atoms with Gasteiger partial charge in [0, 0.05) is 25.7 Å². The van der Waals surface area contributed by atoms with Crippen molar-refractivity contribution in [3.05, 3.63) is 35.4 Å². The van der Waals surface area contributed by atoms with Crippen LogP contribution in [0.2, 0.25) is 0 Å². The van der Waals surface area contributed by atoms with Gasteiger partial charge in [-0.2, -0.15) is 4.31 Å². The Morgan fingerprint density at radius 1 is 1.29 bits per heavy atom. The number of likely N-dealkylation sites (N-methyl/N-ethyl adjacent to an activating group) is 1. The molecule has 0 spiro atoms. The number of rotatable bonds is 6. The van der Waals surface area contributed by atoms with E-state index in [1.165, 1.54) is 0 Å². The summed E-state index contributed by atoms with van der Waals surface area (Å²) in [5, 5.41) is 0. The molecule has 0 aliphatic carbocycles. The summed E-state index contributed by atoms with van der Waals surface area (Å²) < 4.78 is 27.1. The van der Waals surface area contributed by atoms with E-state index in [-0.39, 0.29) is 11.8 Å². The second-order valence-electron chi connectivity index (χ2n) is 5.90. The lowest BCUT2D eigenvalue weighted by molar-refractivity contribution is 0.291. The highest BCUT2D eigenvalue weighted by Crippen LogP contribution is 2.24. The van der Waals surface area contributed by atoms with Crippen molar-refractivity contribution in [1.82, 2.24) is 9.21 Å². The summed E-state index contributed by atoms with van der Waals surface area (Å²) in [6, 6.07) is 7.60. The van der Waals surface area contributed by atoms with Gasteiger partial charge >= 0.3 is 0 Å². The van der Waals surface area contributed by atoms with Crippen LogP contribution in [0.4, 0.5) is 0 Å². The number of hydrogen-bond donors (Lipinski definition) is 1. The van der Waals surface area contributed by atoms with Crippen LogP contribution in [0.1, 0.15) is 24.0 Å². The molecule has 2 rings (SSSR count). The Labute approximate surface area is 127 Å². The molecule has 1 heterocycles. The largest absolute Gasteiger partial charge is 0.326 e. The first-order chi connectivity index (χ1) is 9.94. The predicted octanol–water partition coefficient (Wildman–Crippen LogP) is 1.00. The summed E-state index contributed by atoms with van der Waals surface area (Å²) in [4.78, 5) is 2.05. The zero-order valence-electron chi connectivity index (χ0n) is 12.8. The first-order valence-corrected chi connectivity index (χ1v) is 8.96. The third-order valence-corrected chi connectivity index (χ3v) is 5.80. The van der Waals surface area contributed by atoms with Gasteiger partial charge in [-0.05, 0) is 38.1 Å². The van der Waals surface area contributed by atoms with E-state index in [1.807, 2.05) is 43.3 Å².